The number of aromatic nitrogens is 3. The molecule has 0 aliphatic rings. The van der Waals surface area contributed by atoms with E-state index in [9.17, 15) is 12.8 Å². The lowest BCUT2D eigenvalue weighted by molar-refractivity contribution is 0.607. The number of halogens is 2. The van der Waals surface area contributed by atoms with Crippen LogP contribution in [-0.4, -0.2) is 29.6 Å². The van der Waals surface area contributed by atoms with Crippen LogP contribution in [0.2, 0.25) is 0 Å². The predicted octanol–water partition coefficient (Wildman–Crippen LogP) is 3.72. The third-order valence-corrected chi connectivity index (χ3v) is 4.29. The Hall–Kier alpha value is -2.98. The van der Waals surface area contributed by atoms with Crippen LogP contribution in [0.1, 0.15) is 18.5 Å². The Morgan fingerprint density at radius 3 is 2.34 bits per heavy atom. The molecule has 8 nitrogen and oxygen atoms in total. The van der Waals surface area contributed by atoms with Crippen molar-refractivity contribution in [3.05, 3.63) is 66.4 Å². The van der Waals surface area contributed by atoms with Gasteiger partial charge < -0.3 is 10.6 Å². The van der Waals surface area contributed by atoms with E-state index in [1.54, 1.807) is 24.3 Å². The summed E-state index contributed by atoms with van der Waals surface area (Å²) in [6, 6.07) is 9.03. The van der Waals surface area contributed by atoms with E-state index in [4.69, 9.17) is 0 Å². The lowest BCUT2D eigenvalue weighted by atomic mass is 10.1. The van der Waals surface area contributed by atoms with Gasteiger partial charge in [0.1, 0.15) is 23.3 Å². The van der Waals surface area contributed by atoms with Crippen LogP contribution in [-0.2, 0) is 10.0 Å². The molecule has 11 heteroatoms. The summed E-state index contributed by atoms with van der Waals surface area (Å²) in [6.07, 6.45) is 5.65. The fourth-order valence-electron chi connectivity index (χ4n) is 2.49. The van der Waals surface area contributed by atoms with E-state index in [2.05, 4.69) is 30.3 Å². The molecule has 29 heavy (non-hydrogen) atoms. The van der Waals surface area contributed by atoms with E-state index in [0.717, 1.165) is 11.8 Å². The number of sulfonamides is 1. The monoisotopic (exact) mass is 438 g/mol. The molecule has 2 heterocycles. The highest BCUT2D eigenvalue weighted by Gasteiger charge is 2.11. The molecule has 154 valence electrons. The largest absolute Gasteiger partial charge is 0.363 e. The smallest absolute Gasteiger partial charge is 0.229 e. The average Bonchev–Trinajstić information content (AvgIpc) is 2.61. The zero-order valence-corrected chi connectivity index (χ0v) is 17.3. The van der Waals surface area contributed by atoms with Gasteiger partial charge in [-0.3, -0.25) is 9.71 Å². The van der Waals surface area contributed by atoms with Crippen molar-refractivity contribution in [2.45, 2.75) is 13.0 Å². The van der Waals surface area contributed by atoms with Crippen molar-refractivity contribution in [3.63, 3.8) is 0 Å². The quantitative estimate of drug-likeness (QED) is 0.515. The third-order valence-electron chi connectivity index (χ3n) is 3.68. The topological polar surface area (TPSA) is 109 Å². The van der Waals surface area contributed by atoms with Gasteiger partial charge in [0.15, 0.2) is 0 Å². The van der Waals surface area contributed by atoms with Crippen molar-refractivity contribution in [1.82, 2.24) is 15.0 Å². The molecule has 0 spiro atoms. The van der Waals surface area contributed by atoms with Gasteiger partial charge in [-0.25, -0.2) is 22.8 Å². The molecule has 0 saturated carbocycles. The number of rotatable bonds is 7. The average molecular weight is 439 g/mol. The van der Waals surface area contributed by atoms with Gasteiger partial charge in [-0.1, -0.05) is 12.1 Å². The highest BCUT2D eigenvalue weighted by molar-refractivity contribution is 7.92. The van der Waals surface area contributed by atoms with Crippen molar-refractivity contribution in [1.29, 1.82) is 0 Å². The van der Waals surface area contributed by atoms with E-state index < -0.39 is 10.0 Å². The van der Waals surface area contributed by atoms with E-state index in [0.29, 0.717) is 23.1 Å². The van der Waals surface area contributed by atoms with Crippen molar-refractivity contribution >= 4 is 45.6 Å². The molecular weight excluding hydrogens is 419 g/mol. The van der Waals surface area contributed by atoms with Crippen LogP contribution >= 0.6 is 12.4 Å². The first-order valence-corrected chi connectivity index (χ1v) is 10.2. The van der Waals surface area contributed by atoms with Crippen molar-refractivity contribution in [2.75, 3.05) is 21.6 Å². The van der Waals surface area contributed by atoms with Gasteiger partial charge in [-0.15, -0.1) is 12.4 Å². The fourth-order valence-corrected chi connectivity index (χ4v) is 3.04. The van der Waals surface area contributed by atoms with Gasteiger partial charge >= 0.3 is 0 Å². The number of anilines is 4. The number of hydrogen-bond acceptors (Lipinski definition) is 7. The molecule has 0 aliphatic heterocycles. The molecule has 0 fully saturated rings. The number of pyridine rings is 1. The second kappa shape index (κ2) is 9.48. The summed E-state index contributed by atoms with van der Waals surface area (Å²) in [6.45, 7) is 1.89. The molecule has 0 radical (unpaired) electrons. The molecule has 1 atom stereocenters. The second-order valence-corrected chi connectivity index (χ2v) is 7.88. The van der Waals surface area contributed by atoms with E-state index in [-0.39, 0.29) is 24.3 Å². The number of nitrogens with zero attached hydrogens (tertiary/aromatic N) is 3. The van der Waals surface area contributed by atoms with Crippen LogP contribution in [0.4, 0.5) is 27.5 Å². The summed E-state index contributed by atoms with van der Waals surface area (Å²) in [5, 5.41) is 6.17. The zero-order valence-electron chi connectivity index (χ0n) is 15.6. The third kappa shape index (κ3) is 6.84. The molecule has 3 aromatic rings. The summed E-state index contributed by atoms with van der Waals surface area (Å²) in [7, 11) is -3.47. The Morgan fingerprint density at radius 2 is 1.72 bits per heavy atom. The van der Waals surface area contributed by atoms with Gasteiger partial charge in [0.2, 0.25) is 10.0 Å². The summed E-state index contributed by atoms with van der Waals surface area (Å²) in [5.41, 5.74) is 1.19. The minimum atomic E-state index is -3.47. The van der Waals surface area contributed by atoms with Crippen LogP contribution in [0.3, 0.4) is 0 Å². The van der Waals surface area contributed by atoms with Crippen molar-refractivity contribution < 1.29 is 12.8 Å². The van der Waals surface area contributed by atoms with Gasteiger partial charge in [-0.2, -0.15) is 0 Å². The Morgan fingerprint density at radius 1 is 1.03 bits per heavy atom. The Bertz CT molecular complexity index is 1050. The second-order valence-electron chi connectivity index (χ2n) is 6.13. The fraction of sp³-hybridized carbons (Fsp3) is 0.167. The standard InChI is InChI=1S/C18H19FN6O2S.ClH/c1-12(13-3-5-14(19)6-4-13)22-16-9-15(25-28(2,26)27)10-17(23-16)24-18-11-20-7-8-21-18;/h3-12H,1-2H3,(H3,21,22,23,24,25);1H. The van der Waals surface area contributed by atoms with Gasteiger partial charge in [-0.05, 0) is 24.6 Å². The van der Waals surface area contributed by atoms with Crippen LogP contribution in [0, 0.1) is 5.82 Å². The Balaban J connectivity index is 0.00000300. The van der Waals surface area contributed by atoms with Crippen LogP contribution in [0.5, 0.6) is 0 Å². The predicted molar refractivity (Wildman–Crippen MR) is 114 cm³/mol. The maximum atomic E-state index is 13.1. The van der Waals surface area contributed by atoms with E-state index in [1.165, 1.54) is 30.7 Å². The molecule has 1 unspecified atom stereocenters. The Kier molecular flexibility index (Phi) is 7.29. The van der Waals surface area contributed by atoms with Crippen molar-refractivity contribution in [2.24, 2.45) is 0 Å². The van der Waals surface area contributed by atoms with Gasteiger partial charge in [0.25, 0.3) is 0 Å². The van der Waals surface area contributed by atoms with Gasteiger partial charge in [0.05, 0.1) is 18.1 Å². The van der Waals surface area contributed by atoms with E-state index in [1.807, 2.05) is 6.92 Å². The first-order valence-electron chi connectivity index (χ1n) is 8.33. The van der Waals surface area contributed by atoms with Crippen LogP contribution in [0.15, 0.2) is 55.0 Å². The molecule has 0 saturated heterocycles. The number of benzene rings is 1. The van der Waals surface area contributed by atoms with Gasteiger partial charge in [0, 0.05) is 30.6 Å². The molecule has 2 aromatic heterocycles. The number of nitrogens with one attached hydrogen (secondary N) is 3. The molecule has 3 rings (SSSR count). The summed E-state index contributed by atoms with van der Waals surface area (Å²) < 4.78 is 38.8. The lowest BCUT2D eigenvalue weighted by Gasteiger charge is -2.17. The number of hydrogen-bond donors (Lipinski definition) is 3. The maximum Gasteiger partial charge on any atom is 0.229 e. The molecule has 0 amide bonds. The molecule has 3 N–H and O–H groups in total. The minimum Gasteiger partial charge on any atom is -0.363 e. The highest BCUT2D eigenvalue weighted by Crippen LogP contribution is 2.25. The SMILES string of the molecule is CC(Nc1cc(NS(C)(=O)=O)cc(Nc2cnccn2)n1)c1ccc(F)cc1.Cl. The maximum absolute atomic E-state index is 13.1. The zero-order chi connectivity index (χ0) is 20.1. The Labute approximate surface area is 174 Å². The highest BCUT2D eigenvalue weighted by atomic mass is 35.5. The molecule has 0 aliphatic carbocycles. The van der Waals surface area contributed by atoms with Crippen molar-refractivity contribution in [3.8, 4) is 0 Å². The summed E-state index contributed by atoms with van der Waals surface area (Å²) in [4.78, 5) is 12.5. The molecule has 0 bridgehead atoms. The molecular formula is C18H20ClFN6O2S. The first kappa shape index (κ1) is 22.3. The summed E-state index contributed by atoms with van der Waals surface area (Å²) in [5.74, 6) is 0.952. The van der Waals surface area contributed by atoms with E-state index >= 15 is 0 Å². The van der Waals surface area contributed by atoms with Crippen LogP contribution < -0.4 is 15.4 Å². The van der Waals surface area contributed by atoms with Crippen LogP contribution in [0.25, 0.3) is 0 Å². The lowest BCUT2D eigenvalue weighted by Crippen LogP contribution is -2.12. The summed E-state index contributed by atoms with van der Waals surface area (Å²) >= 11 is 0. The normalized spacial score (nSPS) is 11.8. The minimum absolute atomic E-state index is 0. The first-order chi connectivity index (χ1) is 13.3. The molecule has 1 aromatic carbocycles.